The fraction of sp³-hybridized carbons (Fsp3) is 0.300. The molecule has 8 nitrogen and oxygen atoms in total. The number of anilines is 1. The van der Waals surface area contributed by atoms with E-state index in [1.165, 1.54) is 16.2 Å². The number of halogens is 2. The number of carbonyl (C=O) groups is 1. The third-order valence-electron chi connectivity index (χ3n) is 4.82. The first-order valence-electron chi connectivity index (χ1n) is 9.54. The highest BCUT2D eigenvalue weighted by Gasteiger charge is 2.26. The molecule has 1 amide bonds. The van der Waals surface area contributed by atoms with E-state index < -0.39 is 11.1 Å². The molecule has 11 heteroatoms. The zero-order valence-corrected chi connectivity index (χ0v) is 18.5. The largest absolute Gasteiger partial charge is 0.376 e. The Morgan fingerprint density at radius 3 is 2.87 bits per heavy atom. The van der Waals surface area contributed by atoms with E-state index in [4.69, 9.17) is 27.9 Å². The van der Waals surface area contributed by atoms with Crippen LogP contribution in [-0.2, 0) is 16.1 Å². The van der Waals surface area contributed by atoms with E-state index in [9.17, 15) is 14.4 Å². The van der Waals surface area contributed by atoms with Crippen LogP contribution >= 0.6 is 34.5 Å². The van der Waals surface area contributed by atoms with Gasteiger partial charge in [-0.15, -0.1) is 11.3 Å². The topological polar surface area (TPSA) is 97.3 Å². The molecule has 1 aromatic carbocycles. The van der Waals surface area contributed by atoms with Crippen LogP contribution in [0.4, 0.5) is 5.13 Å². The lowest BCUT2D eigenvalue weighted by atomic mass is 10.2. The molecule has 0 saturated carbocycles. The highest BCUT2D eigenvalue weighted by Crippen LogP contribution is 2.34. The fourth-order valence-corrected chi connectivity index (χ4v) is 4.64. The van der Waals surface area contributed by atoms with Crippen LogP contribution in [0.25, 0.3) is 11.3 Å². The second kappa shape index (κ2) is 9.35. The van der Waals surface area contributed by atoms with Crippen molar-refractivity contribution in [3.63, 3.8) is 0 Å². The van der Waals surface area contributed by atoms with Crippen LogP contribution in [0.5, 0.6) is 0 Å². The summed E-state index contributed by atoms with van der Waals surface area (Å²) in [5.41, 5.74) is 0.364. The summed E-state index contributed by atoms with van der Waals surface area (Å²) in [6.07, 6.45) is 1.62. The number of thiazole rings is 1. The number of hydrogen-bond donors (Lipinski definition) is 1. The molecule has 1 N–H and O–H groups in total. The Balaban J connectivity index is 1.64. The lowest BCUT2D eigenvalue weighted by molar-refractivity contribution is -0.119. The lowest BCUT2D eigenvalue weighted by Crippen LogP contribution is -2.42. The average Bonchev–Trinajstić information content (AvgIpc) is 3.41. The van der Waals surface area contributed by atoms with Gasteiger partial charge in [0, 0.05) is 34.7 Å². The first-order chi connectivity index (χ1) is 14.9. The SMILES string of the molecule is O=C(Cn1[nH]c(=O)ccc1=O)N(C[C@H]1CCCO1)c1nc(-c2ccc(Cl)cc2Cl)cs1. The number of ether oxygens (including phenoxy) is 1. The maximum atomic E-state index is 13.1. The predicted molar refractivity (Wildman–Crippen MR) is 120 cm³/mol. The molecule has 4 rings (SSSR count). The third-order valence-corrected chi connectivity index (χ3v) is 6.23. The number of carbonyl (C=O) groups excluding carboxylic acids is 1. The first kappa shape index (κ1) is 21.8. The Kier molecular flexibility index (Phi) is 6.57. The van der Waals surface area contributed by atoms with Crippen LogP contribution < -0.4 is 16.0 Å². The molecule has 31 heavy (non-hydrogen) atoms. The van der Waals surface area contributed by atoms with Gasteiger partial charge in [0.05, 0.1) is 23.4 Å². The summed E-state index contributed by atoms with van der Waals surface area (Å²) in [6.45, 7) is 0.617. The molecule has 0 aliphatic carbocycles. The zero-order valence-electron chi connectivity index (χ0n) is 16.2. The molecule has 162 valence electrons. The average molecular weight is 481 g/mol. The van der Waals surface area contributed by atoms with Gasteiger partial charge in [-0.05, 0) is 31.0 Å². The van der Waals surface area contributed by atoms with E-state index in [1.807, 2.05) is 0 Å². The Morgan fingerprint density at radius 1 is 1.29 bits per heavy atom. The third kappa shape index (κ3) is 5.07. The van der Waals surface area contributed by atoms with E-state index in [0.717, 1.165) is 29.7 Å². The second-order valence-electron chi connectivity index (χ2n) is 7.01. The highest BCUT2D eigenvalue weighted by atomic mass is 35.5. The summed E-state index contributed by atoms with van der Waals surface area (Å²) >= 11 is 13.6. The lowest BCUT2D eigenvalue weighted by Gasteiger charge is -2.23. The molecule has 3 heterocycles. The van der Waals surface area contributed by atoms with Gasteiger partial charge in [-0.1, -0.05) is 23.2 Å². The normalized spacial score (nSPS) is 15.9. The summed E-state index contributed by atoms with van der Waals surface area (Å²) in [5, 5.41) is 5.60. The van der Waals surface area contributed by atoms with Crippen LogP contribution in [0.15, 0.2) is 45.3 Å². The molecule has 1 aliphatic heterocycles. The van der Waals surface area contributed by atoms with Crippen molar-refractivity contribution >= 4 is 45.6 Å². The van der Waals surface area contributed by atoms with E-state index in [1.54, 1.807) is 23.6 Å². The van der Waals surface area contributed by atoms with Gasteiger partial charge in [0.2, 0.25) is 0 Å². The monoisotopic (exact) mass is 480 g/mol. The Labute approximate surface area is 191 Å². The van der Waals surface area contributed by atoms with Crippen molar-refractivity contribution in [1.82, 2.24) is 14.8 Å². The number of hydrogen-bond acceptors (Lipinski definition) is 6. The van der Waals surface area contributed by atoms with Crippen LogP contribution in [-0.4, -0.2) is 39.9 Å². The minimum absolute atomic E-state index is 0.123. The zero-order chi connectivity index (χ0) is 22.0. The van der Waals surface area contributed by atoms with Gasteiger partial charge in [0.1, 0.15) is 6.54 Å². The first-order valence-corrected chi connectivity index (χ1v) is 11.2. The molecule has 1 fully saturated rings. The number of nitrogens with one attached hydrogen (secondary N) is 1. The maximum absolute atomic E-state index is 13.1. The summed E-state index contributed by atoms with van der Waals surface area (Å²) in [4.78, 5) is 42.8. The standard InChI is InChI=1S/C20H18Cl2N4O4S/c21-12-3-4-14(15(22)8-12)16-11-31-20(23-16)25(9-13-2-1-7-30-13)19(29)10-26-18(28)6-5-17(27)24-26/h3-6,8,11,13H,1-2,7,9-10H2,(H,24,27)/t13-/m1/s1. The van der Waals surface area contributed by atoms with Gasteiger partial charge in [0.25, 0.3) is 17.0 Å². The summed E-state index contributed by atoms with van der Waals surface area (Å²) in [7, 11) is 0. The molecule has 1 aliphatic rings. The van der Waals surface area contributed by atoms with Gasteiger partial charge in [-0.25, -0.2) is 9.67 Å². The minimum atomic E-state index is -0.474. The van der Waals surface area contributed by atoms with E-state index in [2.05, 4.69) is 10.1 Å². The molecule has 1 atom stereocenters. The Bertz CT molecular complexity index is 1220. The quantitative estimate of drug-likeness (QED) is 0.584. The molecule has 0 radical (unpaired) electrons. The minimum Gasteiger partial charge on any atom is -0.376 e. The van der Waals surface area contributed by atoms with Gasteiger partial charge >= 0.3 is 0 Å². The van der Waals surface area contributed by atoms with Crippen LogP contribution in [0, 0.1) is 0 Å². The number of aromatic nitrogens is 3. The van der Waals surface area contributed by atoms with Gasteiger partial charge in [0.15, 0.2) is 5.13 Å². The number of amides is 1. The van der Waals surface area contributed by atoms with Crippen molar-refractivity contribution < 1.29 is 9.53 Å². The van der Waals surface area contributed by atoms with Crippen molar-refractivity contribution in [2.75, 3.05) is 18.1 Å². The smallest absolute Gasteiger partial charge is 0.265 e. The number of benzene rings is 1. The predicted octanol–water partition coefficient (Wildman–Crippen LogP) is 3.18. The molecular weight excluding hydrogens is 463 g/mol. The van der Waals surface area contributed by atoms with E-state index in [0.29, 0.717) is 39.6 Å². The maximum Gasteiger partial charge on any atom is 0.265 e. The van der Waals surface area contributed by atoms with Crippen LogP contribution in [0.2, 0.25) is 10.0 Å². The Morgan fingerprint density at radius 2 is 2.13 bits per heavy atom. The molecule has 0 unspecified atom stereocenters. The van der Waals surface area contributed by atoms with Crippen molar-refractivity contribution in [2.24, 2.45) is 0 Å². The van der Waals surface area contributed by atoms with Crippen molar-refractivity contribution in [2.45, 2.75) is 25.5 Å². The fourth-order valence-electron chi connectivity index (χ4n) is 3.29. The van der Waals surface area contributed by atoms with Gasteiger partial charge < -0.3 is 4.74 Å². The molecular formula is C20H18Cl2N4O4S. The van der Waals surface area contributed by atoms with E-state index in [-0.39, 0.29) is 18.6 Å². The van der Waals surface area contributed by atoms with Gasteiger partial charge in [-0.3, -0.25) is 24.4 Å². The van der Waals surface area contributed by atoms with Crippen LogP contribution in [0.3, 0.4) is 0 Å². The van der Waals surface area contributed by atoms with Crippen molar-refractivity contribution in [1.29, 1.82) is 0 Å². The molecule has 0 spiro atoms. The summed E-state index contributed by atoms with van der Waals surface area (Å²) in [5.74, 6) is -0.387. The molecule has 1 saturated heterocycles. The van der Waals surface area contributed by atoms with Crippen LogP contribution in [0.1, 0.15) is 12.8 Å². The summed E-state index contributed by atoms with van der Waals surface area (Å²) < 4.78 is 6.68. The van der Waals surface area contributed by atoms with E-state index >= 15 is 0 Å². The molecule has 3 aromatic rings. The van der Waals surface area contributed by atoms with Crippen molar-refractivity contribution in [3.05, 3.63) is 66.5 Å². The summed E-state index contributed by atoms with van der Waals surface area (Å²) in [6, 6.07) is 7.36. The van der Waals surface area contributed by atoms with Crippen molar-refractivity contribution in [3.8, 4) is 11.3 Å². The number of rotatable bonds is 6. The number of H-pyrrole nitrogens is 1. The molecule has 0 bridgehead atoms. The highest BCUT2D eigenvalue weighted by molar-refractivity contribution is 7.14. The van der Waals surface area contributed by atoms with Gasteiger partial charge in [-0.2, -0.15) is 0 Å². The number of nitrogens with zero attached hydrogens (tertiary/aromatic N) is 3. The number of aromatic amines is 1. The molecule has 2 aromatic heterocycles. The Hall–Kier alpha value is -2.46. The second-order valence-corrected chi connectivity index (χ2v) is 8.69.